The molecule has 1 N–H and O–H groups in total. The zero-order chi connectivity index (χ0) is 20.7. The summed E-state index contributed by atoms with van der Waals surface area (Å²) in [6.07, 6.45) is 0.0205. The Hall–Kier alpha value is -2.77. The van der Waals surface area contributed by atoms with E-state index in [4.69, 9.17) is 19.7 Å². The van der Waals surface area contributed by atoms with E-state index < -0.39 is 0 Å². The van der Waals surface area contributed by atoms with Crippen LogP contribution in [0.4, 0.5) is 5.82 Å². The summed E-state index contributed by atoms with van der Waals surface area (Å²) in [5.74, 6) is 0.959. The molecule has 0 aliphatic carbocycles. The molecule has 7 heteroatoms. The topological polar surface area (TPSA) is 63.2 Å². The van der Waals surface area contributed by atoms with Crippen LogP contribution < -0.4 is 15.0 Å². The van der Waals surface area contributed by atoms with Gasteiger partial charge in [0, 0.05) is 37.1 Å². The highest BCUT2D eigenvalue weighted by Gasteiger charge is 2.23. The summed E-state index contributed by atoms with van der Waals surface area (Å²) < 4.78 is 7.01. The van der Waals surface area contributed by atoms with Gasteiger partial charge in [-0.05, 0) is 32.4 Å². The molecular weight excluding hydrogens is 394 g/mol. The monoisotopic (exact) mass is 419 g/mol. The number of benzene rings is 1. The number of aryl methyl sites for hydroxylation is 1. The van der Waals surface area contributed by atoms with E-state index in [0.29, 0.717) is 6.01 Å². The third-order valence-corrected chi connectivity index (χ3v) is 6.34. The lowest BCUT2D eigenvalue weighted by Crippen LogP contribution is -2.44. The predicted molar refractivity (Wildman–Crippen MR) is 124 cm³/mol. The average Bonchev–Trinajstić information content (AvgIpc) is 3.13. The first-order chi connectivity index (χ1) is 14.6. The van der Waals surface area contributed by atoms with Gasteiger partial charge in [-0.25, -0.2) is 4.98 Å². The second-order valence-electron chi connectivity index (χ2n) is 7.88. The second-order valence-corrected chi connectivity index (χ2v) is 8.88. The number of anilines is 1. The Bertz CT molecular complexity index is 1200. The third kappa shape index (κ3) is 3.48. The van der Waals surface area contributed by atoms with Crippen molar-refractivity contribution in [3.05, 3.63) is 42.0 Å². The van der Waals surface area contributed by atoms with E-state index in [2.05, 4.69) is 35.3 Å². The van der Waals surface area contributed by atoms with Crippen molar-refractivity contribution in [3.63, 3.8) is 0 Å². The molecule has 0 bridgehead atoms. The van der Waals surface area contributed by atoms with Gasteiger partial charge in [-0.1, -0.05) is 30.3 Å². The molecule has 0 unspecified atom stereocenters. The number of fused-ring (bicyclic) bond motifs is 3. The van der Waals surface area contributed by atoms with Crippen LogP contribution in [-0.4, -0.2) is 47.2 Å². The van der Waals surface area contributed by atoms with Gasteiger partial charge in [-0.2, -0.15) is 9.97 Å². The number of ether oxygens (including phenoxy) is 1. The molecule has 5 rings (SSSR count). The highest BCUT2D eigenvalue weighted by atomic mass is 32.1. The van der Waals surface area contributed by atoms with Gasteiger partial charge in [0.2, 0.25) is 0 Å². The highest BCUT2D eigenvalue weighted by molar-refractivity contribution is 7.26. The highest BCUT2D eigenvalue weighted by Crippen LogP contribution is 2.40. The molecule has 6 nitrogen and oxygen atoms in total. The maximum absolute atomic E-state index is 5.92. The summed E-state index contributed by atoms with van der Waals surface area (Å²) >= 11 is 1.68. The van der Waals surface area contributed by atoms with Crippen molar-refractivity contribution in [2.75, 3.05) is 31.1 Å². The molecule has 0 saturated carbocycles. The summed E-state index contributed by atoms with van der Waals surface area (Å²) in [6, 6.07) is 12.9. The van der Waals surface area contributed by atoms with Crippen LogP contribution in [0.15, 0.2) is 36.4 Å². The summed E-state index contributed by atoms with van der Waals surface area (Å²) in [5, 5.41) is 4.51. The van der Waals surface area contributed by atoms with Crippen molar-refractivity contribution in [1.29, 1.82) is 0 Å². The Labute approximate surface area is 179 Å². The standard InChI is InChI=1S/C23H25N5OS/c1-14(2)29-23-26-19-18-15(3)13-17(16-7-5-4-6-8-16)25-22(18)30-20(19)21(27-23)28-11-9-24-10-12-28/h4-8,13-14,24H,9-12H2,1-3H3. The number of nitrogens with zero attached hydrogens (tertiary/aromatic N) is 4. The zero-order valence-electron chi connectivity index (χ0n) is 17.5. The SMILES string of the molecule is Cc1cc(-c2ccccc2)nc2sc3c(N4CCNCC4)nc(OC(C)C)nc3c12. The van der Waals surface area contributed by atoms with Crippen LogP contribution in [0.25, 0.3) is 31.7 Å². The Morgan fingerprint density at radius 3 is 2.57 bits per heavy atom. The first-order valence-electron chi connectivity index (χ1n) is 10.4. The van der Waals surface area contributed by atoms with Crippen LogP contribution in [0, 0.1) is 6.92 Å². The number of piperazine rings is 1. The first kappa shape index (κ1) is 19.2. The molecule has 0 atom stereocenters. The molecule has 1 aliphatic heterocycles. The van der Waals surface area contributed by atoms with E-state index in [1.165, 1.54) is 5.56 Å². The minimum atomic E-state index is 0.0205. The number of pyridine rings is 1. The van der Waals surface area contributed by atoms with Crippen molar-refractivity contribution >= 4 is 37.6 Å². The van der Waals surface area contributed by atoms with Gasteiger partial charge in [0.25, 0.3) is 0 Å². The molecule has 1 fully saturated rings. The molecule has 0 amide bonds. The smallest absolute Gasteiger partial charge is 0.319 e. The fourth-order valence-electron chi connectivity index (χ4n) is 3.90. The summed E-state index contributed by atoms with van der Waals surface area (Å²) in [7, 11) is 0. The molecule has 0 spiro atoms. The number of thiophene rings is 1. The van der Waals surface area contributed by atoms with Crippen LogP contribution >= 0.6 is 11.3 Å². The normalized spacial score (nSPS) is 14.7. The van der Waals surface area contributed by atoms with E-state index in [9.17, 15) is 0 Å². The van der Waals surface area contributed by atoms with Gasteiger partial charge in [-0.15, -0.1) is 11.3 Å². The Balaban J connectivity index is 1.74. The Morgan fingerprint density at radius 1 is 1.07 bits per heavy atom. The van der Waals surface area contributed by atoms with Crippen LogP contribution in [0.1, 0.15) is 19.4 Å². The molecule has 1 aromatic carbocycles. The fourth-order valence-corrected chi connectivity index (χ4v) is 5.10. The fraction of sp³-hybridized carbons (Fsp3) is 0.348. The lowest BCUT2D eigenvalue weighted by molar-refractivity contribution is 0.223. The molecule has 154 valence electrons. The number of rotatable bonds is 4. The molecule has 0 radical (unpaired) electrons. The number of aromatic nitrogens is 3. The molecular formula is C23H25N5OS. The molecule has 4 heterocycles. The van der Waals surface area contributed by atoms with Gasteiger partial charge < -0.3 is 15.0 Å². The van der Waals surface area contributed by atoms with Crippen molar-refractivity contribution in [2.45, 2.75) is 26.9 Å². The third-order valence-electron chi connectivity index (χ3n) is 5.27. The van der Waals surface area contributed by atoms with E-state index in [1.807, 2.05) is 32.0 Å². The van der Waals surface area contributed by atoms with Crippen LogP contribution in [0.5, 0.6) is 6.01 Å². The van der Waals surface area contributed by atoms with Gasteiger partial charge in [0.05, 0.1) is 16.5 Å². The predicted octanol–water partition coefficient (Wildman–Crippen LogP) is 4.41. The Morgan fingerprint density at radius 2 is 1.83 bits per heavy atom. The van der Waals surface area contributed by atoms with Crippen molar-refractivity contribution in [2.24, 2.45) is 0 Å². The molecule has 30 heavy (non-hydrogen) atoms. The van der Waals surface area contributed by atoms with Crippen LogP contribution in [0.2, 0.25) is 0 Å². The molecule has 1 aliphatic rings. The molecule has 1 saturated heterocycles. The summed E-state index contributed by atoms with van der Waals surface area (Å²) in [6.45, 7) is 9.88. The minimum absolute atomic E-state index is 0.0205. The second kappa shape index (κ2) is 7.81. The number of hydrogen-bond donors (Lipinski definition) is 1. The minimum Gasteiger partial charge on any atom is -0.461 e. The van der Waals surface area contributed by atoms with E-state index in [-0.39, 0.29) is 6.10 Å². The molecule has 4 aromatic rings. The van der Waals surface area contributed by atoms with Gasteiger partial charge in [0.15, 0.2) is 5.82 Å². The van der Waals surface area contributed by atoms with Crippen LogP contribution in [0.3, 0.4) is 0 Å². The summed E-state index contributed by atoms with van der Waals surface area (Å²) in [5.41, 5.74) is 4.23. The first-order valence-corrected chi connectivity index (χ1v) is 11.2. The van der Waals surface area contributed by atoms with Crippen molar-refractivity contribution in [1.82, 2.24) is 20.3 Å². The number of hydrogen-bond acceptors (Lipinski definition) is 7. The average molecular weight is 420 g/mol. The Kier molecular flexibility index (Phi) is 5.00. The summed E-state index contributed by atoms with van der Waals surface area (Å²) in [4.78, 5) is 18.0. The van der Waals surface area contributed by atoms with Gasteiger partial charge in [-0.3, -0.25) is 0 Å². The van der Waals surface area contributed by atoms with E-state index in [1.54, 1.807) is 11.3 Å². The van der Waals surface area contributed by atoms with Crippen LogP contribution in [-0.2, 0) is 0 Å². The van der Waals surface area contributed by atoms with Crippen molar-refractivity contribution < 1.29 is 4.74 Å². The maximum Gasteiger partial charge on any atom is 0.319 e. The zero-order valence-corrected chi connectivity index (χ0v) is 18.3. The van der Waals surface area contributed by atoms with Crippen molar-refractivity contribution in [3.8, 4) is 17.3 Å². The lowest BCUT2D eigenvalue weighted by atomic mass is 10.1. The quantitative estimate of drug-likeness (QED) is 0.529. The largest absolute Gasteiger partial charge is 0.461 e. The maximum atomic E-state index is 5.92. The lowest BCUT2D eigenvalue weighted by Gasteiger charge is -2.28. The molecule has 3 aromatic heterocycles. The van der Waals surface area contributed by atoms with E-state index in [0.717, 1.165) is 63.7 Å². The van der Waals surface area contributed by atoms with E-state index >= 15 is 0 Å². The van der Waals surface area contributed by atoms with Gasteiger partial charge >= 0.3 is 6.01 Å². The van der Waals surface area contributed by atoms with Gasteiger partial charge in [0.1, 0.15) is 10.3 Å². The number of nitrogens with one attached hydrogen (secondary N) is 1.